The molecule has 0 radical (unpaired) electrons. The zero-order chi connectivity index (χ0) is 24.7. The second-order valence-corrected chi connectivity index (χ2v) is 11.9. The molecular formula is C27H30FN3O3S. The smallest absolute Gasteiger partial charge is 0.257 e. The van der Waals surface area contributed by atoms with Gasteiger partial charge in [-0.05, 0) is 63.1 Å². The lowest BCUT2D eigenvalue weighted by molar-refractivity contribution is 0.412. The van der Waals surface area contributed by atoms with Gasteiger partial charge in [0, 0.05) is 29.1 Å². The van der Waals surface area contributed by atoms with Crippen molar-refractivity contribution < 1.29 is 12.8 Å². The Balaban J connectivity index is 1.56. The molecule has 0 amide bonds. The third-order valence-corrected chi connectivity index (χ3v) is 9.05. The number of halogens is 1. The molecule has 2 aliphatic rings. The molecule has 184 valence electrons. The standard InChI is InChI=1S/C27H30FN3O3S/c1-17(2)31-16-29-25-13-12-24(30-35(33,34)20-10-11-20)22(26(25)27(31)32)15-18-6-5-7-19(14-18)21-8-3-4-9-23(21)28/h3-9,14,16-17,20,22,24,30H,10-13,15H2,1-2H3/t22-,24-/m0/s1. The number of fused-ring (bicyclic) bond motifs is 1. The van der Waals surface area contributed by atoms with Crippen LogP contribution in [0.5, 0.6) is 0 Å². The van der Waals surface area contributed by atoms with Crippen molar-refractivity contribution in [1.29, 1.82) is 0 Å². The number of benzene rings is 2. The van der Waals surface area contributed by atoms with Crippen molar-refractivity contribution in [3.63, 3.8) is 0 Å². The average molecular weight is 496 g/mol. The molecule has 0 unspecified atom stereocenters. The number of hydrogen-bond acceptors (Lipinski definition) is 4. The van der Waals surface area contributed by atoms with Gasteiger partial charge in [-0.1, -0.05) is 42.5 Å². The van der Waals surface area contributed by atoms with Crippen molar-refractivity contribution in [3.8, 4) is 11.1 Å². The topological polar surface area (TPSA) is 81.1 Å². The van der Waals surface area contributed by atoms with Crippen LogP contribution in [0.2, 0.25) is 0 Å². The Morgan fingerprint density at radius 1 is 1.11 bits per heavy atom. The van der Waals surface area contributed by atoms with Crippen LogP contribution in [-0.2, 0) is 22.9 Å². The third kappa shape index (κ3) is 4.82. The van der Waals surface area contributed by atoms with Crippen molar-refractivity contribution in [3.05, 3.63) is 87.9 Å². The molecule has 3 aromatic rings. The van der Waals surface area contributed by atoms with Crippen LogP contribution in [-0.4, -0.2) is 29.3 Å². The quantitative estimate of drug-likeness (QED) is 0.528. The molecule has 1 saturated carbocycles. The maximum atomic E-state index is 14.4. The Bertz CT molecular complexity index is 1410. The molecule has 0 bridgehead atoms. The van der Waals surface area contributed by atoms with Crippen molar-refractivity contribution in [2.24, 2.45) is 0 Å². The largest absolute Gasteiger partial charge is 0.296 e. The monoisotopic (exact) mass is 495 g/mol. The summed E-state index contributed by atoms with van der Waals surface area (Å²) in [7, 11) is -3.44. The van der Waals surface area contributed by atoms with E-state index in [1.807, 2.05) is 38.1 Å². The highest BCUT2D eigenvalue weighted by molar-refractivity contribution is 7.90. The number of aromatic nitrogens is 2. The van der Waals surface area contributed by atoms with Crippen LogP contribution in [0.25, 0.3) is 11.1 Å². The molecule has 35 heavy (non-hydrogen) atoms. The van der Waals surface area contributed by atoms with Gasteiger partial charge in [0.1, 0.15) is 5.82 Å². The van der Waals surface area contributed by atoms with Crippen molar-refractivity contribution >= 4 is 10.0 Å². The lowest BCUT2D eigenvalue weighted by Gasteiger charge is -2.33. The highest BCUT2D eigenvalue weighted by Crippen LogP contribution is 2.35. The first-order valence-corrected chi connectivity index (χ1v) is 13.7. The van der Waals surface area contributed by atoms with E-state index in [9.17, 15) is 17.6 Å². The van der Waals surface area contributed by atoms with Crippen LogP contribution in [0.4, 0.5) is 4.39 Å². The Morgan fingerprint density at radius 2 is 1.89 bits per heavy atom. The van der Waals surface area contributed by atoms with Crippen LogP contribution in [0.1, 0.15) is 61.9 Å². The fourth-order valence-electron chi connectivity index (χ4n) is 5.04. The van der Waals surface area contributed by atoms with Crippen molar-refractivity contribution in [1.82, 2.24) is 14.3 Å². The second-order valence-electron chi connectivity index (χ2n) is 9.91. The summed E-state index contributed by atoms with van der Waals surface area (Å²) >= 11 is 0. The molecule has 0 saturated heterocycles. The maximum absolute atomic E-state index is 14.4. The van der Waals surface area contributed by atoms with E-state index in [2.05, 4.69) is 9.71 Å². The summed E-state index contributed by atoms with van der Waals surface area (Å²) in [5.74, 6) is -0.666. The van der Waals surface area contributed by atoms with E-state index in [-0.39, 0.29) is 28.6 Å². The van der Waals surface area contributed by atoms with Gasteiger partial charge in [-0.3, -0.25) is 9.36 Å². The summed E-state index contributed by atoms with van der Waals surface area (Å²) in [6.45, 7) is 3.86. The van der Waals surface area contributed by atoms with E-state index >= 15 is 0 Å². The minimum atomic E-state index is -3.44. The number of sulfonamides is 1. The molecule has 1 fully saturated rings. The molecule has 1 N–H and O–H groups in total. The van der Waals surface area contributed by atoms with Gasteiger partial charge >= 0.3 is 0 Å². The number of nitrogens with zero attached hydrogens (tertiary/aromatic N) is 2. The van der Waals surface area contributed by atoms with Gasteiger partial charge in [-0.15, -0.1) is 0 Å². The lowest BCUT2D eigenvalue weighted by Crippen LogP contribution is -2.46. The van der Waals surface area contributed by atoms with E-state index in [1.54, 1.807) is 29.1 Å². The van der Waals surface area contributed by atoms with Gasteiger partial charge in [0.2, 0.25) is 10.0 Å². The van der Waals surface area contributed by atoms with Gasteiger partial charge in [-0.2, -0.15) is 0 Å². The first-order valence-electron chi connectivity index (χ1n) is 12.2. The van der Waals surface area contributed by atoms with Crippen LogP contribution in [0.3, 0.4) is 0 Å². The van der Waals surface area contributed by atoms with Crippen molar-refractivity contribution in [2.45, 2.75) is 69.2 Å². The predicted octanol–water partition coefficient (Wildman–Crippen LogP) is 4.35. The van der Waals surface area contributed by atoms with E-state index in [4.69, 9.17) is 0 Å². The molecule has 8 heteroatoms. The molecule has 6 nitrogen and oxygen atoms in total. The molecule has 2 atom stereocenters. The minimum absolute atomic E-state index is 0.0612. The SMILES string of the molecule is CC(C)n1cnc2c(c1=O)[C@@H](Cc1cccc(-c3ccccc3F)c1)[C@@H](NS(=O)(=O)C1CC1)CC2. The Hall–Kier alpha value is -2.84. The van der Waals surface area contributed by atoms with Crippen LogP contribution in [0, 0.1) is 5.82 Å². The van der Waals surface area contributed by atoms with Gasteiger partial charge in [0.15, 0.2) is 0 Å². The van der Waals surface area contributed by atoms with Crippen LogP contribution in [0.15, 0.2) is 59.7 Å². The summed E-state index contributed by atoms with van der Waals surface area (Å²) in [4.78, 5) is 18.1. The third-order valence-electron chi connectivity index (χ3n) is 7.07. The van der Waals surface area contributed by atoms with E-state index in [0.717, 1.165) is 16.8 Å². The van der Waals surface area contributed by atoms with Crippen LogP contribution < -0.4 is 10.3 Å². The molecule has 0 aliphatic heterocycles. The second kappa shape index (κ2) is 9.32. The maximum Gasteiger partial charge on any atom is 0.257 e. The molecule has 0 spiro atoms. The van der Waals surface area contributed by atoms with E-state index < -0.39 is 16.1 Å². The van der Waals surface area contributed by atoms with E-state index in [0.29, 0.717) is 43.2 Å². The van der Waals surface area contributed by atoms with Crippen molar-refractivity contribution in [2.75, 3.05) is 0 Å². The zero-order valence-corrected chi connectivity index (χ0v) is 20.8. The molecule has 5 rings (SSSR count). The first-order chi connectivity index (χ1) is 16.7. The highest BCUT2D eigenvalue weighted by atomic mass is 32.2. The summed E-state index contributed by atoms with van der Waals surface area (Å²) in [5, 5.41) is -0.338. The Morgan fingerprint density at radius 3 is 2.60 bits per heavy atom. The molecule has 2 aromatic carbocycles. The zero-order valence-electron chi connectivity index (χ0n) is 19.9. The molecule has 1 heterocycles. The normalized spacial score (nSPS) is 20.1. The van der Waals surface area contributed by atoms with Gasteiger partial charge in [0.05, 0.1) is 17.3 Å². The fraction of sp³-hybridized carbons (Fsp3) is 0.407. The summed E-state index contributed by atoms with van der Waals surface area (Å²) in [6, 6.07) is 13.8. The summed E-state index contributed by atoms with van der Waals surface area (Å²) < 4.78 is 44.7. The highest BCUT2D eigenvalue weighted by Gasteiger charge is 2.41. The molecule has 2 aliphatic carbocycles. The summed E-state index contributed by atoms with van der Waals surface area (Å²) in [6.07, 6.45) is 4.52. The number of hydrogen-bond donors (Lipinski definition) is 1. The lowest BCUT2D eigenvalue weighted by atomic mass is 9.78. The van der Waals surface area contributed by atoms with E-state index in [1.165, 1.54) is 6.07 Å². The fourth-order valence-corrected chi connectivity index (χ4v) is 6.69. The minimum Gasteiger partial charge on any atom is -0.296 e. The Labute approximate surface area is 205 Å². The number of aryl methyl sites for hydroxylation is 1. The molecular weight excluding hydrogens is 465 g/mol. The van der Waals surface area contributed by atoms with Crippen LogP contribution >= 0.6 is 0 Å². The molecule has 1 aromatic heterocycles. The van der Waals surface area contributed by atoms with Gasteiger partial charge in [0.25, 0.3) is 5.56 Å². The first kappa shape index (κ1) is 23.9. The number of rotatable bonds is 7. The number of nitrogens with one attached hydrogen (secondary N) is 1. The van der Waals surface area contributed by atoms with Gasteiger partial charge in [-0.25, -0.2) is 22.5 Å². The summed E-state index contributed by atoms with van der Waals surface area (Å²) in [5.41, 5.74) is 3.39. The van der Waals surface area contributed by atoms with Gasteiger partial charge < -0.3 is 0 Å². The predicted molar refractivity (Wildman–Crippen MR) is 134 cm³/mol. The Kier molecular flexibility index (Phi) is 6.36. The average Bonchev–Trinajstić information content (AvgIpc) is 3.67.